The molecule has 1 aromatic rings. The number of nitrogens with two attached hydrogens (primary N) is 1. The van der Waals surface area contributed by atoms with Crippen molar-refractivity contribution >= 4 is 23.2 Å². The van der Waals surface area contributed by atoms with E-state index in [4.69, 9.17) is 33.7 Å². The summed E-state index contributed by atoms with van der Waals surface area (Å²) in [6.07, 6.45) is 1.12. The number of ether oxygens (including phenoxy) is 1. The fourth-order valence-corrected chi connectivity index (χ4v) is 2.71. The summed E-state index contributed by atoms with van der Waals surface area (Å²) >= 11 is 12.4. The fourth-order valence-electron chi connectivity index (χ4n) is 2.19. The van der Waals surface area contributed by atoms with Gasteiger partial charge in [0.1, 0.15) is 0 Å². The van der Waals surface area contributed by atoms with Crippen molar-refractivity contribution in [3.63, 3.8) is 0 Å². The van der Waals surface area contributed by atoms with Crippen LogP contribution >= 0.6 is 23.2 Å². The van der Waals surface area contributed by atoms with Gasteiger partial charge in [0.2, 0.25) is 0 Å². The third-order valence-corrected chi connectivity index (χ3v) is 3.86. The Balaban J connectivity index is 2.00. The average Bonchev–Trinajstić information content (AvgIpc) is 2.35. The molecular weight excluding hydrogens is 271 g/mol. The summed E-state index contributed by atoms with van der Waals surface area (Å²) in [7, 11) is 0. The first-order valence-electron chi connectivity index (χ1n) is 6.17. The Kier molecular flexibility index (Phi) is 5.27. The molecule has 5 heteroatoms. The zero-order chi connectivity index (χ0) is 13.0. The summed E-state index contributed by atoms with van der Waals surface area (Å²) in [5.41, 5.74) is 6.56. The third-order valence-electron chi connectivity index (χ3n) is 3.15. The van der Waals surface area contributed by atoms with Gasteiger partial charge in [0.25, 0.3) is 0 Å². The van der Waals surface area contributed by atoms with Crippen molar-refractivity contribution in [3.05, 3.63) is 33.8 Å². The van der Waals surface area contributed by atoms with Gasteiger partial charge in [-0.2, -0.15) is 0 Å². The van der Waals surface area contributed by atoms with Crippen LogP contribution in [0.3, 0.4) is 0 Å². The van der Waals surface area contributed by atoms with E-state index in [0.29, 0.717) is 6.54 Å². The molecule has 1 heterocycles. The van der Waals surface area contributed by atoms with Gasteiger partial charge in [-0.15, -0.1) is 0 Å². The molecule has 0 aliphatic carbocycles. The molecule has 0 radical (unpaired) electrons. The van der Waals surface area contributed by atoms with Gasteiger partial charge in [-0.05, 0) is 25.1 Å². The first-order chi connectivity index (χ1) is 8.70. The average molecular weight is 289 g/mol. The highest BCUT2D eigenvalue weighted by Gasteiger charge is 2.21. The lowest BCUT2D eigenvalue weighted by molar-refractivity contribution is -0.0335. The number of benzene rings is 1. The molecule has 3 nitrogen and oxygen atoms in total. The smallest absolute Gasteiger partial charge is 0.0714 e. The van der Waals surface area contributed by atoms with E-state index < -0.39 is 0 Å². The van der Waals surface area contributed by atoms with Crippen molar-refractivity contribution in [2.24, 2.45) is 5.73 Å². The van der Waals surface area contributed by atoms with Crippen LogP contribution in [-0.2, 0) is 11.3 Å². The maximum Gasteiger partial charge on any atom is 0.0714 e. The lowest BCUT2D eigenvalue weighted by Crippen LogP contribution is -2.42. The summed E-state index contributed by atoms with van der Waals surface area (Å²) in [6.45, 7) is 3.96. The van der Waals surface area contributed by atoms with Crippen LogP contribution in [-0.4, -0.2) is 37.2 Å². The number of morpholine rings is 1. The summed E-state index contributed by atoms with van der Waals surface area (Å²) < 4.78 is 5.66. The Hall–Kier alpha value is -0.320. The van der Waals surface area contributed by atoms with Gasteiger partial charge in [0, 0.05) is 35.2 Å². The normalized spacial score (nSPS) is 21.2. The van der Waals surface area contributed by atoms with Gasteiger partial charge < -0.3 is 10.5 Å². The highest BCUT2D eigenvalue weighted by Crippen LogP contribution is 2.26. The lowest BCUT2D eigenvalue weighted by Gasteiger charge is -2.33. The molecule has 0 saturated carbocycles. The first-order valence-corrected chi connectivity index (χ1v) is 6.93. The van der Waals surface area contributed by atoms with E-state index >= 15 is 0 Å². The number of rotatable bonds is 4. The first kappa shape index (κ1) is 14.1. The van der Waals surface area contributed by atoms with Gasteiger partial charge in [-0.25, -0.2) is 0 Å². The van der Waals surface area contributed by atoms with E-state index in [1.165, 1.54) is 0 Å². The van der Waals surface area contributed by atoms with Crippen molar-refractivity contribution in [3.8, 4) is 0 Å². The maximum absolute atomic E-state index is 6.18. The molecule has 0 bridgehead atoms. The Bertz CT molecular complexity index is 378. The quantitative estimate of drug-likeness (QED) is 0.925. The van der Waals surface area contributed by atoms with Gasteiger partial charge in [0.15, 0.2) is 0 Å². The van der Waals surface area contributed by atoms with E-state index in [1.807, 2.05) is 18.2 Å². The van der Waals surface area contributed by atoms with E-state index in [1.54, 1.807) is 0 Å². The minimum absolute atomic E-state index is 0.227. The van der Waals surface area contributed by atoms with E-state index in [9.17, 15) is 0 Å². The van der Waals surface area contributed by atoms with Gasteiger partial charge in [-0.1, -0.05) is 29.3 Å². The van der Waals surface area contributed by atoms with Crippen LogP contribution in [0.4, 0.5) is 0 Å². The van der Waals surface area contributed by atoms with Gasteiger partial charge >= 0.3 is 0 Å². The molecule has 2 N–H and O–H groups in total. The van der Waals surface area contributed by atoms with Crippen molar-refractivity contribution in [1.29, 1.82) is 0 Å². The Labute approximate surface area is 118 Å². The Morgan fingerprint density at radius 3 is 2.72 bits per heavy atom. The summed E-state index contributed by atoms with van der Waals surface area (Å²) in [5.74, 6) is 0. The molecule has 18 heavy (non-hydrogen) atoms. The molecule has 2 rings (SSSR count). The molecule has 1 fully saturated rings. The van der Waals surface area contributed by atoms with Crippen molar-refractivity contribution in [2.75, 3.05) is 26.2 Å². The van der Waals surface area contributed by atoms with Crippen molar-refractivity contribution in [1.82, 2.24) is 4.90 Å². The largest absolute Gasteiger partial charge is 0.376 e. The summed E-state index contributed by atoms with van der Waals surface area (Å²) in [5, 5.41) is 1.45. The Morgan fingerprint density at radius 1 is 1.33 bits per heavy atom. The van der Waals surface area contributed by atoms with E-state index in [-0.39, 0.29) is 6.10 Å². The molecule has 0 unspecified atom stereocenters. The Morgan fingerprint density at radius 2 is 2.06 bits per heavy atom. The predicted molar refractivity (Wildman–Crippen MR) is 75.2 cm³/mol. The van der Waals surface area contributed by atoms with Gasteiger partial charge in [0.05, 0.1) is 12.7 Å². The highest BCUT2D eigenvalue weighted by atomic mass is 35.5. The maximum atomic E-state index is 6.18. The second kappa shape index (κ2) is 6.73. The number of hydrogen-bond acceptors (Lipinski definition) is 3. The topological polar surface area (TPSA) is 38.5 Å². The molecular formula is C13H18Cl2N2O. The molecule has 0 spiro atoms. The SMILES string of the molecule is NCC[C@H]1CN(Cc2c(Cl)cccc2Cl)CCO1. The van der Waals surface area contributed by atoms with Crippen LogP contribution in [0.1, 0.15) is 12.0 Å². The molecule has 0 amide bonds. The zero-order valence-electron chi connectivity index (χ0n) is 10.2. The number of halogens is 2. The molecule has 0 aromatic heterocycles. The highest BCUT2D eigenvalue weighted by molar-refractivity contribution is 6.35. The van der Waals surface area contributed by atoms with Crippen LogP contribution in [0.5, 0.6) is 0 Å². The molecule has 1 aromatic carbocycles. The summed E-state index contributed by atoms with van der Waals surface area (Å²) in [6, 6.07) is 5.62. The molecule has 1 aliphatic heterocycles. The summed E-state index contributed by atoms with van der Waals surface area (Å²) in [4.78, 5) is 2.32. The van der Waals surface area contributed by atoms with Crippen molar-refractivity contribution in [2.45, 2.75) is 19.1 Å². The molecule has 1 atom stereocenters. The van der Waals surface area contributed by atoms with Gasteiger partial charge in [-0.3, -0.25) is 4.90 Å². The van der Waals surface area contributed by atoms with Crippen molar-refractivity contribution < 1.29 is 4.74 Å². The fraction of sp³-hybridized carbons (Fsp3) is 0.538. The standard InChI is InChI=1S/C13H18Cl2N2O/c14-12-2-1-3-13(15)11(12)9-17-6-7-18-10(8-17)4-5-16/h1-3,10H,4-9,16H2/t10-/m0/s1. The second-order valence-electron chi connectivity index (χ2n) is 4.51. The van der Waals surface area contributed by atoms with Crippen LogP contribution in [0.15, 0.2) is 18.2 Å². The van der Waals surface area contributed by atoms with Crippen LogP contribution in [0.25, 0.3) is 0 Å². The monoisotopic (exact) mass is 288 g/mol. The minimum atomic E-state index is 0.227. The zero-order valence-corrected chi connectivity index (χ0v) is 11.8. The number of hydrogen-bond donors (Lipinski definition) is 1. The van der Waals surface area contributed by atoms with Crippen LogP contribution in [0, 0.1) is 0 Å². The molecule has 1 saturated heterocycles. The van der Waals surface area contributed by atoms with Crippen LogP contribution < -0.4 is 5.73 Å². The second-order valence-corrected chi connectivity index (χ2v) is 5.32. The lowest BCUT2D eigenvalue weighted by atomic mass is 10.1. The van der Waals surface area contributed by atoms with E-state index in [2.05, 4.69) is 4.90 Å². The minimum Gasteiger partial charge on any atom is -0.376 e. The van der Waals surface area contributed by atoms with Crippen LogP contribution in [0.2, 0.25) is 10.0 Å². The third kappa shape index (κ3) is 3.59. The molecule has 1 aliphatic rings. The predicted octanol–water partition coefficient (Wildman–Crippen LogP) is 2.54. The van der Waals surface area contributed by atoms with E-state index in [0.717, 1.165) is 48.3 Å². The number of nitrogens with zero attached hydrogens (tertiary/aromatic N) is 1. The molecule has 100 valence electrons.